The molecule has 7 heteroatoms. The van der Waals surface area contributed by atoms with Crippen LogP contribution in [0.4, 0.5) is 0 Å². The van der Waals surface area contributed by atoms with E-state index in [1.807, 2.05) is 6.92 Å². The Morgan fingerprint density at radius 3 is 2.24 bits per heavy atom. The molecule has 0 saturated heterocycles. The van der Waals surface area contributed by atoms with Crippen molar-refractivity contribution in [1.29, 1.82) is 0 Å². The number of esters is 1. The molecule has 132 valence electrons. The van der Waals surface area contributed by atoms with Crippen molar-refractivity contribution in [1.82, 2.24) is 10.3 Å². The molecule has 2 aromatic rings. The molecule has 0 aliphatic heterocycles. The van der Waals surface area contributed by atoms with Gasteiger partial charge in [0, 0.05) is 29.1 Å². The number of pyridine rings is 1. The average molecular weight is 344 g/mol. The molecule has 1 aromatic carbocycles. The number of hydrogen-bond acceptors (Lipinski definition) is 6. The summed E-state index contributed by atoms with van der Waals surface area (Å²) in [5.74, 6) is -0.0239. The van der Waals surface area contributed by atoms with Crippen molar-refractivity contribution >= 4 is 11.9 Å². The summed E-state index contributed by atoms with van der Waals surface area (Å²) in [5.41, 5.74) is 1.60. The van der Waals surface area contributed by atoms with E-state index in [9.17, 15) is 9.59 Å². The smallest absolute Gasteiger partial charge is 0.333 e. The summed E-state index contributed by atoms with van der Waals surface area (Å²) in [6.07, 6.45) is 3.08. The first kappa shape index (κ1) is 18.3. The van der Waals surface area contributed by atoms with Crippen LogP contribution >= 0.6 is 0 Å². The topological polar surface area (TPSA) is 86.8 Å². The molecule has 0 radical (unpaired) electrons. The number of carbonyl (C=O) groups is 2. The highest BCUT2D eigenvalue weighted by atomic mass is 16.5. The maximum absolute atomic E-state index is 12.6. The molecule has 1 heterocycles. The molecule has 0 unspecified atom stereocenters. The van der Waals surface area contributed by atoms with Crippen molar-refractivity contribution < 1.29 is 23.8 Å². The van der Waals surface area contributed by atoms with E-state index in [4.69, 9.17) is 14.2 Å². The quantitative estimate of drug-likeness (QED) is 0.807. The number of amides is 1. The number of rotatable bonds is 6. The summed E-state index contributed by atoms with van der Waals surface area (Å²) in [5, 5.41) is 2.66. The summed E-state index contributed by atoms with van der Waals surface area (Å²) in [4.78, 5) is 28.7. The molecule has 0 bridgehead atoms. The summed E-state index contributed by atoms with van der Waals surface area (Å²) in [7, 11) is 4.28. The molecular formula is C18H20N2O5. The molecule has 2 rings (SSSR count). The second-order valence-corrected chi connectivity index (χ2v) is 5.22. The predicted octanol–water partition coefficient (Wildman–Crippen LogP) is 2.05. The van der Waals surface area contributed by atoms with E-state index in [1.54, 1.807) is 30.5 Å². The third kappa shape index (κ3) is 4.06. The number of ether oxygens (including phenoxy) is 3. The van der Waals surface area contributed by atoms with Crippen molar-refractivity contribution in [2.45, 2.75) is 13.0 Å². The van der Waals surface area contributed by atoms with Crippen molar-refractivity contribution in [3.05, 3.63) is 53.3 Å². The van der Waals surface area contributed by atoms with E-state index in [0.717, 1.165) is 5.56 Å². The van der Waals surface area contributed by atoms with E-state index in [1.165, 1.54) is 27.5 Å². The zero-order valence-corrected chi connectivity index (χ0v) is 14.5. The van der Waals surface area contributed by atoms with Crippen LogP contribution in [0.3, 0.4) is 0 Å². The summed E-state index contributed by atoms with van der Waals surface area (Å²) >= 11 is 0. The van der Waals surface area contributed by atoms with E-state index < -0.39 is 17.9 Å². The molecule has 0 saturated carbocycles. The minimum atomic E-state index is -0.968. The minimum Gasteiger partial charge on any atom is -0.496 e. The third-order valence-electron chi connectivity index (χ3n) is 3.74. The van der Waals surface area contributed by atoms with E-state index in [0.29, 0.717) is 22.6 Å². The van der Waals surface area contributed by atoms with Crippen molar-refractivity contribution in [3.8, 4) is 11.5 Å². The largest absolute Gasteiger partial charge is 0.496 e. The van der Waals surface area contributed by atoms with Crippen LogP contribution < -0.4 is 14.8 Å². The second-order valence-electron chi connectivity index (χ2n) is 5.22. The Labute approximate surface area is 145 Å². The highest BCUT2D eigenvalue weighted by Gasteiger charge is 2.25. The van der Waals surface area contributed by atoms with Crippen LogP contribution in [-0.2, 0) is 9.53 Å². The van der Waals surface area contributed by atoms with Gasteiger partial charge in [-0.15, -0.1) is 0 Å². The van der Waals surface area contributed by atoms with Crippen LogP contribution in [0.15, 0.2) is 36.7 Å². The maximum Gasteiger partial charge on any atom is 0.333 e. The van der Waals surface area contributed by atoms with Gasteiger partial charge in [0.2, 0.25) is 0 Å². The Morgan fingerprint density at radius 1 is 1.12 bits per heavy atom. The molecule has 7 nitrogen and oxygen atoms in total. The van der Waals surface area contributed by atoms with Gasteiger partial charge in [-0.05, 0) is 25.1 Å². The molecule has 1 atom stereocenters. The Hall–Kier alpha value is -3.09. The zero-order valence-electron chi connectivity index (χ0n) is 14.5. The molecule has 0 aliphatic carbocycles. The van der Waals surface area contributed by atoms with Gasteiger partial charge in [0.1, 0.15) is 11.5 Å². The van der Waals surface area contributed by atoms with Gasteiger partial charge in [0.05, 0.1) is 21.3 Å². The van der Waals surface area contributed by atoms with Crippen molar-refractivity contribution in [3.63, 3.8) is 0 Å². The van der Waals surface area contributed by atoms with Crippen LogP contribution in [0.1, 0.15) is 27.5 Å². The fraction of sp³-hybridized carbons (Fsp3) is 0.278. The van der Waals surface area contributed by atoms with Crippen LogP contribution in [0.2, 0.25) is 0 Å². The van der Waals surface area contributed by atoms with Gasteiger partial charge in [0.25, 0.3) is 5.91 Å². The monoisotopic (exact) mass is 344 g/mol. The Morgan fingerprint density at radius 2 is 1.76 bits per heavy atom. The molecule has 25 heavy (non-hydrogen) atoms. The Kier molecular flexibility index (Phi) is 5.94. The number of benzene rings is 1. The van der Waals surface area contributed by atoms with Crippen LogP contribution in [0.5, 0.6) is 11.5 Å². The lowest BCUT2D eigenvalue weighted by Gasteiger charge is -2.18. The number of nitrogens with zero attached hydrogens (tertiary/aromatic N) is 1. The van der Waals surface area contributed by atoms with Gasteiger partial charge in [0.15, 0.2) is 6.04 Å². The molecule has 0 aliphatic rings. The Bertz CT molecular complexity index is 736. The van der Waals surface area contributed by atoms with Gasteiger partial charge in [-0.3, -0.25) is 9.78 Å². The van der Waals surface area contributed by atoms with Crippen LogP contribution in [0, 0.1) is 6.92 Å². The number of aromatic nitrogens is 1. The number of methoxy groups -OCH3 is 3. The van der Waals surface area contributed by atoms with Crippen LogP contribution in [-0.4, -0.2) is 38.2 Å². The minimum absolute atomic E-state index is 0.303. The van der Waals surface area contributed by atoms with Crippen molar-refractivity contribution in [2.75, 3.05) is 21.3 Å². The average Bonchev–Trinajstić information content (AvgIpc) is 2.66. The highest BCUT2D eigenvalue weighted by Crippen LogP contribution is 2.29. The molecule has 1 amide bonds. The van der Waals surface area contributed by atoms with Crippen molar-refractivity contribution in [2.24, 2.45) is 0 Å². The van der Waals surface area contributed by atoms with Gasteiger partial charge in [-0.25, -0.2) is 4.79 Å². The number of carbonyl (C=O) groups excluding carboxylic acids is 2. The van der Waals surface area contributed by atoms with Gasteiger partial charge in [-0.2, -0.15) is 0 Å². The normalized spacial score (nSPS) is 11.4. The first-order chi connectivity index (χ1) is 12.0. The number of nitrogens with one attached hydrogen (secondary N) is 1. The third-order valence-corrected chi connectivity index (χ3v) is 3.74. The lowest BCUT2D eigenvalue weighted by Crippen LogP contribution is -2.34. The molecule has 0 fully saturated rings. The molecule has 1 aromatic heterocycles. The van der Waals surface area contributed by atoms with E-state index in [2.05, 4.69) is 10.3 Å². The summed E-state index contributed by atoms with van der Waals surface area (Å²) in [6.45, 7) is 1.83. The lowest BCUT2D eigenvalue weighted by atomic mass is 10.1. The fourth-order valence-corrected chi connectivity index (χ4v) is 2.37. The molecule has 1 N–H and O–H groups in total. The SMILES string of the molecule is COC(=O)[C@H](NC(=O)c1cc(OC)c(C)c(OC)c1)c1cccnc1. The van der Waals surface area contributed by atoms with Crippen LogP contribution in [0.25, 0.3) is 0 Å². The lowest BCUT2D eigenvalue weighted by molar-refractivity contribution is -0.143. The standard InChI is InChI=1S/C18H20N2O5/c1-11-14(23-2)8-13(9-15(11)24-3)17(21)20-16(18(22)25-4)12-6-5-7-19-10-12/h5-10,16H,1-4H3,(H,20,21)/t16-/m1/s1. The van der Waals surface area contributed by atoms with E-state index >= 15 is 0 Å². The predicted molar refractivity (Wildman–Crippen MR) is 90.7 cm³/mol. The molecule has 0 spiro atoms. The van der Waals surface area contributed by atoms with E-state index in [-0.39, 0.29) is 0 Å². The van der Waals surface area contributed by atoms with Gasteiger partial charge < -0.3 is 19.5 Å². The first-order valence-corrected chi connectivity index (χ1v) is 7.53. The first-order valence-electron chi connectivity index (χ1n) is 7.53. The Balaban J connectivity index is 2.34. The summed E-state index contributed by atoms with van der Waals surface area (Å²) in [6, 6.07) is 5.57. The number of hydrogen-bond donors (Lipinski definition) is 1. The highest BCUT2D eigenvalue weighted by molar-refractivity contribution is 5.98. The fourth-order valence-electron chi connectivity index (χ4n) is 2.37. The summed E-state index contributed by atoms with van der Waals surface area (Å²) < 4.78 is 15.3. The zero-order chi connectivity index (χ0) is 18.4. The second kappa shape index (κ2) is 8.14. The van der Waals surface area contributed by atoms with Gasteiger partial charge in [-0.1, -0.05) is 6.07 Å². The maximum atomic E-state index is 12.6. The molecular weight excluding hydrogens is 324 g/mol. The van der Waals surface area contributed by atoms with Gasteiger partial charge >= 0.3 is 5.97 Å².